The van der Waals surface area contributed by atoms with Crippen molar-refractivity contribution >= 4 is 45.4 Å². The zero-order valence-corrected chi connectivity index (χ0v) is 25.7. The Kier molecular flexibility index (Phi) is 8.80. The Labute approximate surface area is 274 Å². The van der Waals surface area contributed by atoms with E-state index in [1.54, 1.807) is 12.1 Å². The van der Waals surface area contributed by atoms with E-state index in [0.717, 1.165) is 16.5 Å². The second kappa shape index (κ2) is 13.3. The number of rotatable bonds is 12. The van der Waals surface area contributed by atoms with Crippen molar-refractivity contribution in [2.75, 3.05) is 39.6 Å². The SMILES string of the molecule is O=C(O)c1ccc2cc(C(=O)O)ccc2c1.O=C(OCC1CO1)c1c(CC2CO2)c(CC2CO2)c2ccccc2c1C(=O)OCC1CO1. The lowest BCUT2D eigenvalue weighted by Crippen LogP contribution is -2.22. The van der Waals surface area contributed by atoms with Gasteiger partial charge in [0.25, 0.3) is 0 Å². The molecule has 8 rings (SSSR count). The quantitative estimate of drug-likeness (QED) is 0.165. The number of carboxylic acid groups (broad SMARTS) is 2. The second-order valence-corrected chi connectivity index (χ2v) is 12.1. The van der Waals surface area contributed by atoms with Crippen LogP contribution in [0.4, 0.5) is 0 Å². The molecule has 4 atom stereocenters. The van der Waals surface area contributed by atoms with E-state index >= 15 is 0 Å². The van der Waals surface area contributed by atoms with Gasteiger partial charge in [0.2, 0.25) is 0 Å². The Morgan fingerprint density at radius 1 is 0.583 bits per heavy atom. The predicted molar refractivity (Wildman–Crippen MR) is 169 cm³/mol. The molecule has 4 unspecified atom stereocenters. The minimum atomic E-state index is -0.996. The summed E-state index contributed by atoms with van der Waals surface area (Å²) in [6.45, 7) is 2.81. The van der Waals surface area contributed by atoms with Crippen LogP contribution in [0, 0.1) is 0 Å². The van der Waals surface area contributed by atoms with Crippen molar-refractivity contribution in [2.45, 2.75) is 37.3 Å². The average Bonchev–Trinajstić information content (AvgIpc) is 3.89. The van der Waals surface area contributed by atoms with Crippen LogP contribution in [0.5, 0.6) is 0 Å². The normalized spacial score (nSPS) is 21.5. The van der Waals surface area contributed by atoms with Gasteiger partial charge in [-0.3, -0.25) is 0 Å². The third kappa shape index (κ3) is 7.47. The number of fused-ring (bicyclic) bond motifs is 2. The van der Waals surface area contributed by atoms with Gasteiger partial charge in [0.1, 0.15) is 25.4 Å². The minimum absolute atomic E-state index is 0.0251. The van der Waals surface area contributed by atoms with Crippen molar-refractivity contribution in [3.8, 4) is 0 Å². The molecule has 4 heterocycles. The van der Waals surface area contributed by atoms with Gasteiger partial charge >= 0.3 is 23.9 Å². The number of epoxide rings is 4. The van der Waals surface area contributed by atoms with Gasteiger partial charge in [-0.25, -0.2) is 19.2 Å². The Balaban J connectivity index is 0.000000192. The summed E-state index contributed by atoms with van der Waals surface area (Å²) >= 11 is 0. The predicted octanol–water partition coefficient (Wildman–Crippen LogP) is 4.07. The van der Waals surface area contributed by atoms with Crippen LogP contribution >= 0.6 is 0 Å². The molecule has 4 aliphatic rings. The van der Waals surface area contributed by atoms with E-state index in [4.69, 9.17) is 38.6 Å². The summed E-state index contributed by atoms with van der Waals surface area (Å²) in [5, 5.41) is 20.6. The lowest BCUT2D eigenvalue weighted by molar-refractivity contribution is 0.0431. The van der Waals surface area contributed by atoms with E-state index in [-0.39, 0.29) is 59.9 Å². The highest BCUT2D eigenvalue weighted by Gasteiger charge is 2.36. The minimum Gasteiger partial charge on any atom is -0.478 e. The standard InChI is InChI=1S/C24H24O8.C12H8O4/c25-23(31-11-15-9-29-15)21-18-4-2-1-3-17(18)19(5-13-7-27-13)20(6-14-8-28-14)22(21)24(26)32-12-16-10-30-16;13-11(14)9-3-1-7-5-10(12(15)16)4-2-8(7)6-9/h1-4,13-16H,5-12H2;1-6H,(H,13,14)(H,15,16). The zero-order valence-electron chi connectivity index (χ0n) is 25.7. The molecule has 4 aromatic carbocycles. The zero-order chi connectivity index (χ0) is 33.4. The summed E-state index contributed by atoms with van der Waals surface area (Å²) in [6.07, 6.45) is 1.20. The van der Waals surface area contributed by atoms with Crippen LogP contribution in [0.2, 0.25) is 0 Å². The average molecular weight is 657 g/mol. The van der Waals surface area contributed by atoms with Crippen LogP contribution in [0.1, 0.15) is 52.6 Å². The van der Waals surface area contributed by atoms with E-state index < -0.39 is 23.9 Å². The lowest BCUT2D eigenvalue weighted by Gasteiger charge is -2.20. The van der Waals surface area contributed by atoms with Gasteiger partial charge in [0.15, 0.2) is 0 Å². The number of carbonyl (C=O) groups excluding carboxylic acids is 2. The Morgan fingerprint density at radius 2 is 1.02 bits per heavy atom. The maximum absolute atomic E-state index is 13.4. The van der Waals surface area contributed by atoms with Gasteiger partial charge in [0, 0.05) is 12.8 Å². The Bertz CT molecular complexity index is 1860. The molecule has 48 heavy (non-hydrogen) atoms. The second-order valence-electron chi connectivity index (χ2n) is 12.1. The molecular weight excluding hydrogens is 624 g/mol. The molecule has 12 heteroatoms. The first-order chi connectivity index (χ1) is 23.2. The molecule has 4 aliphatic heterocycles. The molecule has 0 aliphatic carbocycles. The van der Waals surface area contributed by atoms with Crippen molar-refractivity contribution in [1.29, 1.82) is 0 Å². The molecular formula is C36H32O12. The number of esters is 2. The molecule has 0 saturated carbocycles. The van der Waals surface area contributed by atoms with E-state index in [1.807, 2.05) is 24.3 Å². The van der Waals surface area contributed by atoms with Crippen LogP contribution in [0.15, 0.2) is 60.7 Å². The molecule has 2 N–H and O–H groups in total. The number of hydrogen-bond acceptors (Lipinski definition) is 10. The summed E-state index contributed by atoms with van der Waals surface area (Å²) in [6, 6.07) is 16.8. The van der Waals surface area contributed by atoms with Gasteiger partial charge in [0.05, 0.1) is 60.9 Å². The number of aromatic carboxylic acids is 2. The van der Waals surface area contributed by atoms with E-state index in [9.17, 15) is 19.2 Å². The summed E-state index contributed by atoms with van der Waals surface area (Å²) in [5.74, 6) is -3.07. The van der Waals surface area contributed by atoms with E-state index in [2.05, 4.69) is 0 Å². The van der Waals surface area contributed by atoms with Crippen molar-refractivity contribution in [2.24, 2.45) is 0 Å². The molecule has 4 aromatic rings. The highest BCUT2D eigenvalue weighted by molar-refractivity contribution is 6.14. The molecule has 0 spiro atoms. The summed E-state index contributed by atoms with van der Waals surface area (Å²) in [4.78, 5) is 48.1. The van der Waals surface area contributed by atoms with Gasteiger partial charge in [-0.2, -0.15) is 0 Å². The molecule has 12 nitrogen and oxygen atoms in total. The largest absolute Gasteiger partial charge is 0.478 e. The molecule has 0 amide bonds. The fourth-order valence-electron chi connectivity index (χ4n) is 5.61. The third-order valence-corrected chi connectivity index (χ3v) is 8.45. The molecule has 248 valence electrons. The number of carbonyl (C=O) groups is 4. The van der Waals surface area contributed by atoms with Crippen LogP contribution in [0.25, 0.3) is 21.5 Å². The summed E-state index contributed by atoms with van der Waals surface area (Å²) in [7, 11) is 0. The van der Waals surface area contributed by atoms with Crippen LogP contribution < -0.4 is 0 Å². The fraction of sp³-hybridized carbons (Fsp3) is 0.333. The first kappa shape index (κ1) is 31.7. The first-order valence-electron chi connectivity index (χ1n) is 15.6. The number of benzene rings is 4. The van der Waals surface area contributed by atoms with Crippen LogP contribution in [0.3, 0.4) is 0 Å². The highest BCUT2D eigenvalue weighted by atomic mass is 16.6. The monoisotopic (exact) mass is 656 g/mol. The Hall–Kier alpha value is -4.88. The number of hydrogen-bond donors (Lipinski definition) is 2. The van der Waals surface area contributed by atoms with E-state index in [0.29, 0.717) is 55.4 Å². The lowest BCUT2D eigenvalue weighted by atomic mass is 9.85. The molecule has 4 saturated heterocycles. The maximum atomic E-state index is 13.4. The van der Waals surface area contributed by atoms with Gasteiger partial charge in [-0.05, 0) is 56.9 Å². The summed E-state index contributed by atoms with van der Waals surface area (Å²) in [5.41, 5.74) is 2.70. The molecule has 0 aromatic heterocycles. The first-order valence-corrected chi connectivity index (χ1v) is 15.6. The molecule has 0 bridgehead atoms. The highest BCUT2D eigenvalue weighted by Crippen LogP contribution is 2.37. The van der Waals surface area contributed by atoms with Crippen molar-refractivity contribution < 1.29 is 57.8 Å². The van der Waals surface area contributed by atoms with Crippen molar-refractivity contribution in [3.05, 3.63) is 94.0 Å². The number of ether oxygens (including phenoxy) is 6. The Morgan fingerprint density at radius 3 is 1.48 bits per heavy atom. The van der Waals surface area contributed by atoms with Crippen LogP contribution in [-0.2, 0) is 41.3 Å². The van der Waals surface area contributed by atoms with Gasteiger partial charge in [-0.15, -0.1) is 0 Å². The number of carboxylic acids is 2. The topological polar surface area (TPSA) is 177 Å². The third-order valence-electron chi connectivity index (χ3n) is 8.45. The fourth-order valence-corrected chi connectivity index (χ4v) is 5.61. The van der Waals surface area contributed by atoms with Crippen LogP contribution in [-0.4, -0.2) is 98.1 Å². The van der Waals surface area contributed by atoms with Crippen molar-refractivity contribution in [3.63, 3.8) is 0 Å². The smallest absolute Gasteiger partial charge is 0.339 e. The van der Waals surface area contributed by atoms with Gasteiger partial charge in [-0.1, -0.05) is 36.4 Å². The molecule has 4 fully saturated rings. The van der Waals surface area contributed by atoms with E-state index in [1.165, 1.54) is 24.3 Å². The molecule has 0 radical (unpaired) electrons. The van der Waals surface area contributed by atoms with Gasteiger partial charge < -0.3 is 38.6 Å². The summed E-state index contributed by atoms with van der Waals surface area (Å²) < 4.78 is 32.5. The maximum Gasteiger partial charge on any atom is 0.339 e. The van der Waals surface area contributed by atoms with Crippen molar-refractivity contribution in [1.82, 2.24) is 0 Å².